The largest absolute Gasteiger partial charge is 0.359 e. The number of rotatable bonds is 6. The number of hydrogen-bond donors (Lipinski definition) is 2. The summed E-state index contributed by atoms with van der Waals surface area (Å²) in [5, 5.41) is 1.16. The van der Waals surface area contributed by atoms with E-state index in [1.54, 1.807) is 0 Å². The van der Waals surface area contributed by atoms with Gasteiger partial charge in [0.1, 0.15) is 0 Å². The van der Waals surface area contributed by atoms with Gasteiger partial charge in [0.15, 0.2) is 0 Å². The van der Waals surface area contributed by atoms with Crippen molar-refractivity contribution in [3.8, 4) is 0 Å². The normalized spacial score (nSPS) is 11.9. The molecule has 0 saturated heterocycles. The molecule has 24 heavy (non-hydrogen) atoms. The average Bonchev–Trinajstić information content (AvgIpc) is 2.88. The van der Waals surface area contributed by atoms with Gasteiger partial charge in [-0.15, -0.1) is 0 Å². The second-order valence-corrected chi connectivity index (χ2v) is 8.01. The van der Waals surface area contributed by atoms with Crippen LogP contribution in [0.4, 0.5) is 0 Å². The SMILES string of the molecule is Cc1cc2cc(CCNS(=O)(=O)Cc3ccccc3C)ccc2[nH]1. The molecule has 0 aliphatic heterocycles. The number of hydrogen-bond acceptors (Lipinski definition) is 2. The fourth-order valence-corrected chi connectivity index (χ4v) is 4.11. The van der Waals surface area contributed by atoms with Gasteiger partial charge in [-0.1, -0.05) is 30.3 Å². The maximum atomic E-state index is 12.2. The summed E-state index contributed by atoms with van der Waals surface area (Å²) in [6, 6.07) is 15.8. The van der Waals surface area contributed by atoms with Crippen molar-refractivity contribution in [3.05, 3.63) is 70.9 Å². The van der Waals surface area contributed by atoms with Crippen LogP contribution in [-0.4, -0.2) is 19.9 Å². The van der Waals surface area contributed by atoms with Gasteiger partial charge in [-0.3, -0.25) is 0 Å². The molecule has 3 rings (SSSR count). The Morgan fingerprint density at radius 1 is 1.04 bits per heavy atom. The van der Waals surface area contributed by atoms with Gasteiger partial charge in [-0.2, -0.15) is 0 Å². The van der Waals surface area contributed by atoms with E-state index in [1.165, 1.54) is 0 Å². The first-order chi connectivity index (χ1) is 11.4. The van der Waals surface area contributed by atoms with E-state index in [-0.39, 0.29) is 5.75 Å². The standard InChI is InChI=1S/C19H22N2O2S/c1-14-5-3-4-6-17(14)13-24(22,23)20-10-9-16-7-8-19-18(12-16)11-15(2)21-19/h3-8,11-12,20-21H,9-10,13H2,1-2H3. The van der Waals surface area contributed by atoms with Crippen LogP contribution in [0.5, 0.6) is 0 Å². The van der Waals surface area contributed by atoms with Crippen molar-refractivity contribution in [3.63, 3.8) is 0 Å². The van der Waals surface area contributed by atoms with Crippen LogP contribution in [0, 0.1) is 13.8 Å². The van der Waals surface area contributed by atoms with Crippen LogP contribution in [-0.2, 0) is 22.2 Å². The van der Waals surface area contributed by atoms with E-state index in [0.717, 1.165) is 33.3 Å². The third-order valence-electron chi connectivity index (χ3n) is 4.16. The Kier molecular flexibility index (Phi) is 4.73. The average molecular weight is 342 g/mol. The lowest BCUT2D eigenvalue weighted by Crippen LogP contribution is -2.27. The molecule has 0 amide bonds. The molecule has 1 aromatic heterocycles. The van der Waals surface area contributed by atoms with E-state index in [1.807, 2.05) is 50.2 Å². The Morgan fingerprint density at radius 2 is 1.83 bits per heavy atom. The molecule has 3 aromatic rings. The van der Waals surface area contributed by atoms with Gasteiger partial charge in [0.2, 0.25) is 10.0 Å². The van der Waals surface area contributed by atoms with E-state index >= 15 is 0 Å². The van der Waals surface area contributed by atoms with E-state index in [9.17, 15) is 8.42 Å². The van der Waals surface area contributed by atoms with Gasteiger partial charge < -0.3 is 4.98 Å². The highest BCUT2D eigenvalue weighted by molar-refractivity contribution is 7.88. The van der Waals surface area contributed by atoms with Gasteiger partial charge in [-0.25, -0.2) is 13.1 Å². The molecule has 126 valence electrons. The third kappa shape index (κ3) is 4.04. The first-order valence-electron chi connectivity index (χ1n) is 8.03. The molecule has 2 aromatic carbocycles. The first-order valence-corrected chi connectivity index (χ1v) is 9.68. The minimum atomic E-state index is -3.32. The topological polar surface area (TPSA) is 62.0 Å². The minimum absolute atomic E-state index is 0.0235. The van der Waals surface area contributed by atoms with Crippen LogP contribution >= 0.6 is 0 Å². The number of aromatic amines is 1. The van der Waals surface area contributed by atoms with E-state index < -0.39 is 10.0 Å². The summed E-state index contributed by atoms with van der Waals surface area (Å²) in [5.41, 5.74) is 5.20. The lowest BCUT2D eigenvalue weighted by Gasteiger charge is -2.09. The highest BCUT2D eigenvalue weighted by atomic mass is 32.2. The molecular weight excluding hydrogens is 320 g/mol. The Morgan fingerprint density at radius 3 is 2.62 bits per heavy atom. The van der Waals surface area contributed by atoms with Crippen LogP contribution in [0.3, 0.4) is 0 Å². The maximum absolute atomic E-state index is 12.2. The molecule has 1 heterocycles. The van der Waals surface area contributed by atoms with Crippen LogP contribution < -0.4 is 4.72 Å². The number of aryl methyl sites for hydroxylation is 2. The highest BCUT2D eigenvalue weighted by Crippen LogP contribution is 2.17. The number of benzene rings is 2. The van der Waals surface area contributed by atoms with E-state index in [2.05, 4.69) is 21.8 Å². The molecule has 0 spiro atoms. The quantitative estimate of drug-likeness (QED) is 0.721. The Bertz CT molecular complexity index is 958. The predicted octanol–water partition coefficient (Wildman–Crippen LogP) is 3.45. The summed E-state index contributed by atoms with van der Waals surface area (Å²) < 4.78 is 27.2. The van der Waals surface area contributed by atoms with Crippen molar-refractivity contribution in [2.75, 3.05) is 6.54 Å². The summed E-state index contributed by atoms with van der Waals surface area (Å²) in [7, 11) is -3.32. The number of sulfonamides is 1. The molecule has 0 radical (unpaired) electrons. The second-order valence-electron chi connectivity index (χ2n) is 6.20. The van der Waals surface area contributed by atoms with Gasteiger partial charge in [-0.05, 0) is 60.5 Å². The number of aromatic nitrogens is 1. The van der Waals surface area contributed by atoms with Crippen molar-refractivity contribution >= 4 is 20.9 Å². The molecule has 0 atom stereocenters. The smallest absolute Gasteiger partial charge is 0.215 e. The zero-order valence-electron chi connectivity index (χ0n) is 14.0. The van der Waals surface area contributed by atoms with Gasteiger partial charge in [0.05, 0.1) is 5.75 Å². The fourth-order valence-electron chi connectivity index (χ4n) is 2.86. The van der Waals surface area contributed by atoms with Crippen molar-refractivity contribution in [2.24, 2.45) is 0 Å². The van der Waals surface area contributed by atoms with Crippen LogP contribution in [0.25, 0.3) is 10.9 Å². The van der Waals surface area contributed by atoms with Gasteiger partial charge >= 0.3 is 0 Å². The van der Waals surface area contributed by atoms with Crippen LogP contribution in [0.2, 0.25) is 0 Å². The zero-order chi connectivity index (χ0) is 17.2. The predicted molar refractivity (Wildman–Crippen MR) is 98.5 cm³/mol. The Balaban J connectivity index is 1.61. The Labute approximate surface area is 143 Å². The van der Waals surface area contributed by atoms with E-state index in [0.29, 0.717) is 13.0 Å². The molecule has 2 N–H and O–H groups in total. The molecule has 0 saturated carbocycles. The van der Waals surface area contributed by atoms with Crippen LogP contribution in [0.15, 0.2) is 48.5 Å². The minimum Gasteiger partial charge on any atom is -0.359 e. The van der Waals surface area contributed by atoms with E-state index in [4.69, 9.17) is 0 Å². The van der Waals surface area contributed by atoms with Gasteiger partial charge in [0, 0.05) is 17.8 Å². The molecule has 4 nitrogen and oxygen atoms in total. The molecule has 0 fully saturated rings. The Hall–Kier alpha value is -2.11. The lowest BCUT2D eigenvalue weighted by molar-refractivity contribution is 0.580. The monoisotopic (exact) mass is 342 g/mol. The summed E-state index contributed by atoms with van der Waals surface area (Å²) >= 11 is 0. The fraction of sp³-hybridized carbons (Fsp3) is 0.263. The van der Waals surface area contributed by atoms with Crippen molar-refractivity contribution in [1.82, 2.24) is 9.71 Å². The van der Waals surface area contributed by atoms with Crippen molar-refractivity contribution in [1.29, 1.82) is 0 Å². The number of H-pyrrole nitrogens is 1. The summed E-state index contributed by atoms with van der Waals surface area (Å²) in [4.78, 5) is 3.29. The second kappa shape index (κ2) is 6.79. The van der Waals surface area contributed by atoms with Crippen LogP contribution in [0.1, 0.15) is 22.4 Å². The number of nitrogens with one attached hydrogen (secondary N) is 2. The first kappa shape index (κ1) is 16.7. The maximum Gasteiger partial charge on any atom is 0.215 e. The summed E-state index contributed by atoms with van der Waals surface area (Å²) in [6.45, 7) is 4.36. The molecule has 0 bridgehead atoms. The number of fused-ring (bicyclic) bond motifs is 1. The molecule has 0 unspecified atom stereocenters. The van der Waals surface area contributed by atoms with Crippen molar-refractivity contribution in [2.45, 2.75) is 26.0 Å². The molecule has 5 heteroatoms. The summed E-state index contributed by atoms with van der Waals surface area (Å²) in [6.07, 6.45) is 0.674. The third-order valence-corrected chi connectivity index (χ3v) is 5.50. The van der Waals surface area contributed by atoms with Gasteiger partial charge in [0.25, 0.3) is 0 Å². The summed E-state index contributed by atoms with van der Waals surface area (Å²) in [5.74, 6) is 0.0235. The highest BCUT2D eigenvalue weighted by Gasteiger charge is 2.12. The molecular formula is C19H22N2O2S. The zero-order valence-corrected chi connectivity index (χ0v) is 14.8. The lowest BCUT2D eigenvalue weighted by atomic mass is 10.1. The molecule has 0 aliphatic rings. The molecule has 0 aliphatic carbocycles. The van der Waals surface area contributed by atoms with Crippen molar-refractivity contribution < 1.29 is 8.42 Å².